The molecule has 13 heteroatoms. The molecule has 0 aliphatic carbocycles. The van der Waals surface area contributed by atoms with E-state index in [0.717, 1.165) is 5.56 Å². The van der Waals surface area contributed by atoms with E-state index in [-0.39, 0.29) is 43.5 Å². The van der Waals surface area contributed by atoms with Crippen LogP contribution >= 0.6 is 11.6 Å². The van der Waals surface area contributed by atoms with Gasteiger partial charge in [0.2, 0.25) is 0 Å². The Labute approximate surface area is 222 Å². The third-order valence-corrected chi connectivity index (χ3v) is 6.06. The van der Waals surface area contributed by atoms with E-state index in [0.29, 0.717) is 35.3 Å². The van der Waals surface area contributed by atoms with E-state index >= 15 is 0 Å². The number of carbonyl (C=O) groups excluding carboxylic acids is 2. The molecular formula is C25H27ClN6O6. The van der Waals surface area contributed by atoms with Crippen LogP contribution in [0.4, 0.5) is 10.5 Å². The zero-order valence-electron chi connectivity index (χ0n) is 20.6. The van der Waals surface area contributed by atoms with Crippen molar-refractivity contribution in [3.8, 4) is 11.4 Å². The molecule has 3 N–H and O–H groups in total. The number of aromatic nitrogens is 2. The summed E-state index contributed by atoms with van der Waals surface area (Å²) < 4.78 is 12.5. The molecule has 0 saturated carbocycles. The minimum absolute atomic E-state index is 0.139. The number of benzene rings is 1. The topological polar surface area (TPSA) is 147 Å². The lowest BCUT2D eigenvalue weighted by molar-refractivity contribution is 0.0912. The van der Waals surface area contributed by atoms with Crippen LogP contribution in [0.25, 0.3) is 5.69 Å². The van der Waals surface area contributed by atoms with Crippen molar-refractivity contribution < 1.29 is 19.1 Å². The van der Waals surface area contributed by atoms with E-state index in [9.17, 15) is 19.3 Å². The summed E-state index contributed by atoms with van der Waals surface area (Å²) in [5, 5.41) is 8.84. The van der Waals surface area contributed by atoms with E-state index in [1.54, 1.807) is 48.7 Å². The first-order chi connectivity index (χ1) is 18.4. The zero-order chi connectivity index (χ0) is 27.1. The number of rotatable bonds is 12. The van der Waals surface area contributed by atoms with Gasteiger partial charge in [-0.2, -0.15) is 4.91 Å². The molecule has 0 spiro atoms. The Bertz CT molecular complexity index is 1370. The quantitative estimate of drug-likeness (QED) is 0.235. The standard InChI is InChI=1S/C25H27ClN6O6/c1-16-13-17(32-15-18(38-25(32)35)14-28-23(33)19-5-7-22(26)30-19)4-6-20(16)31-11-2-3-21(24(31)34)37-12-10-27-8-9-29-36/h2-7,11,13,18,27,30H,8-10,12,14-15H2,1H3,(H,28,33). The van der Waals surface area contributed by atoms with Crippen molar-refractivity contribution in [2.75, 3.05) is 44.2 Å². The summed E-state index contributed by atoms with van der Waals surface area (Å²) in [6.07, 6.45) is 0.590. The highest BCUT2D eigenvalue weighted by Gasteiger charge is 2.33. The fourth-order valence-electron chi connectivity index (χ4n) is 3.98. The largest absolute Gasteiger partial charge is 0.487 e. The Hall–Kier alpha value is -4.16. The first-order valence-electron chi connectivity index (χ1n) is 11.9. The van der Waals surface area contributed by atoms with E-state index in [1.807, 2.05) is 6.92 Å². The molecule has 3 heterocycles. The summed E-state index contributed by atoms with van der Waals surface area (Å²) in [5.41, 5.74) is 2.00. The summed E-state index contributed by atoms with van der Waals surface area (Å²) in [6, 6.07) is 11.7. The number of aryl methyl sites for hydroxylation is 1. The average Bonchev–Trinajstić information content (AvgIpc) is 3.51. The maximum absolute atomic E-state index is 13.0. The minimum atomic E-state index is -0.530. The molecule has 38 heavy (non-hydrogen) atoms. The molecule has 1 aliphatic heterocycles. The van der Waals surface area contributed by atoms with Crippen LogP contribution < -0.4 is 25.8 Å². The zero-order valence-corrected chi connectivity index (χ0v) is 21.4. The van der Waals surface area contributed by atoms with Gasteiger partial charge in [-0.3, -0.25) is 19.1 Å². The van der Waals surface area contributed by atoms with Gasteiger partial charge in [-0.1, -0.05) is 16.8 Å². The number of nitroso groups, excluding NO2 is 1. The average molecular weight is 543 g/mol. The summed E-state index contributed by atoms with van der Waals surface area (Å²) in [5.74, 6) is -0.157. The van der Waals surface area contributed by atoms with Gasteiger partial charge in [0.25, 0.3) is 11.5 Å². The summed E-state index contributed by atoms with van der Waals surface area (Å²) >= 11 is 5.81. The van der Waals surface area contributed by atoms with Crippen LogP contribution in [-0.2, 0) is 4.74 Å². The number of cyclic esters (lactones) is 1. The number of nitrogens with one attached hydrogen (secondary N) is 3. The second-order valence-electron chi connectivity index (χ2n) is 8.52. The van der Waals surface area contributed by atoms with Crippen LogP contribution in [0.2, 0.25) is 5.15 Å². The highest BCUT2D eigenvalue weighted by atomic mass is 35.5. The first-order valence-corrected chi connectivity index (χ1v) is 12.3. The fourth-order valence-corrected chi connectivity index (χ4v) is 4.14. The van der Waals surface area contributed by atoms with Gasteiger partial charge in [-0.25, -0.2) is 4.79 Å². The molecule has 2 amide bonds. The SMILES string of the molecule is Cc1cc(N2CC(CNC(=O)c3ccc(Cl)[nH]3)OC2=O)ccc1-n1cccc(OCCNCCN=O)c1=O. The Morgan fingerprint density at radius 1 is 1.24 bits per heavy atom. The van der Waals surface area contributed by atoms with Gasteiger partial charge >= 0.3 is 6.09 Å². The van der Waals surface area contributed by atoms with Crippen molar-refractivity contribution in [2.24, 2.45) is 5.18 Å². The van der Waals surface area contributed by atoms with Crippen LogP contribution in [0.15, 0.2) is 58.6 Å². The first kappa shape index (κ1) is 26.9. The molecular weight excluding hydrogens is 516 g/mol. The van der Waals surface area contributed by atoms with Crippen molar-refractivity contribution in [1.82, 2.24) is 20.2 Å². The van der Waals surface area contributed by atoms with Crippen LogP contribution in [-0.4, -0.2) is 67.0 Å². The van der Waals surface area contributed by atoms with Gasteiger partial charge in [0.05, 0.1) is 25.3 Å². The van der Waals surface area contributed by atoms with Crippen molar-refractivity contribution in [3.63, 3.8) is 0 Å². The number of aromatic amines is 1. The maximum Gasteiger partial charge on any atom is 0.414 e. The van der Waals surface area contributed by atoms with Crippen LogP contribution in [0.5, 0.6) is 5.75 Å². The predicted molar refractivity (Wildman–Crippen MR) is 142 cm³/mol. The Morgan fingerprint density at radius 2 is 2.08 bits per heavy atom. The van der Waals surface area contributed by atoms with E-state index < -0.39 is 12.2 Å². The van der Waals surface area contributed by atoms with Gasteiger partial charge in [0, 0.05) is 25.0 Å². The van der Waals surface area contributed by atoms with Gasteiger partial charge < -0.3 is 25.1 Å². The molecule has 1 aliphatic rings. The highest BCUT2D eigenvalue weighted by molar-refractivity contribution is 6.29. The normalized spacial score (nSPS) is 14.8. The van der Waals surface area contributed by atoms with Gasteiger partial charge in [-0.05, 0) is 55.0 Å². The number of halogens is 1. The number of hydrogen-bond acceptors (Lipinski definition) is 8. The lowest BCUT2D eigenvalue weighted by Gasteiger charge is -2.17. The van der Waals surface area contributed by atoms with E-state index in [2.05, 4.69) is 20.8 Å². The molecule has 3 aromatic rings. The van der Waals surface area contributed by atoms with Gasteiger partial charge in [0.15, 0.2) is 5.75 Å². The van der Waals surface area contributed by atoms with Crippen molar-refractivity contribution >= 4 is 29.3 Å². The Morgan fingerprint density at radius 3 is 2.82 bits per heavy atom. The second-order valence-corrected chi connectivity index (χ2v) is 8.92. The third kappa shape index (κ3) is 6.39. The Balaban J connectivity index is 1.38. The van der Waals surface area contributed by atoms with Crippen LogP contribution in [0.1, 0.15) is 16.1 Å². The third-order valence-electron chi connectivity index (χ3n) is 5.84. The molecule has 0 bridgehead atoms. The van der Waals surface area contributed by atoms with Gasteiger partial charge in [-0.15, -0.1) is 0 Å². The molecule has 1 fully saturated rings. The smallest absolute Gasteiger partial charge is 0.414 e. The minimum Gasteiger partial charge on any atom is -0.487 e. The summed E-state index contributed by atoms with van der Waals surface area (Å²) in [6.45, 7) is 3.57. The lowest BCUT2D eigenvalue weighted by Crippen LogP contribution is -2.34. The number of pyridine rings is 1. The molecule has 0 radical (unpaired) electrons. The van der Waals surface area contributed by atoms with Crippen molar-refractivity contribution in [2.45, 2.75) is 13.0 Å². The lowest BCUT2D eigenvalue weighted by atomic mass is 10.1. The predicted octanol–water partition coefficient (Wildman–Crippen LogP) is 2.62. The molecule has 1 atom stereocenters. The second kappa shape index (κ2) is 12.4. The summed E-state index contributed by atoms with van der Waals surface area (Å²) in [4.78, 5) is 52.1. The number of carbonyl (C=O) groups is 2. The monoisotopic (exact) mass is 542 g/mol. The molecule has 1 saturated heterocycles. The molecule has 200 valence electrons. The van der Waals surface area contributed by atoms with Crippen molar-refractivity contribution in [3.05, 3.63) is 80.3 Å². The maximum atomic E-state index is 13.0. The van der Waals surface area contributed by atoms with Gasteiger partial charge in [0.1, 0.15) is 23.6 Å². The summed E-state index contributed by atoms with van der Waals surface area (Å²) in [7, 11) is 0. The molecule has 1 unspecified atom stereocenters. The molecule has 1 aromatic carbocycles. The molecule has 12 nitrogen and oxygen atoms in total. The van der Waals surface area contributed by atoms with E-state index in [1.165, 1.54) is 9.47 Å². The number of hydrogen-bond donors (Lipinski definition) is 3. The van der Waals surface area contributed by atoms with Crippen LogP contribution in [0.3, 0.4) is 0 Å². The number of H-pyrrole nitrogens is 1. The van der Waals surface area contributed by atoms with Crippen LogP contribution in [0, 0.1) is 11.8 Å². The highest BCUT2D eigenvalue weighted by Crippen LogP contribution is 2.26. The van der Waals surface area contributed by atoms with E-state index in [4.69, 9.17) is 21.1 Å². The van der Waals surface area contributed by atoms with Crippen molar-refractivity contribution in [1.29, 1.82) is 0 Å². The number of anilines is 1. The fraction of sp³-hybridized carbons (Fsp3) is 0.320. The number of amides is 2. The molecule has 4 rings (SSSR count). The Kier molecular flexibility index (Phi) is 8.77. The number of nitrogens with zero attached hydrogens (tertiary/aromatic N) is 3. The number of ether oxygens (including phenoxy) is 2. The molecule has 2 aromatic heterocycles.